The second-order valence-corrected chi connectivity index (χ2v) is 8.29. The molecule has 0 aliphatic heterocycles. The molecule has 0 heterocycles. The predicted octanol–water partition coefficient (Wildman–Crippen LogP) is 4.72. The van der Waals surface area contributed by atoms with Gasteiger partial charge in [0.25, 0.3) is 0 Å². The zero-order chi connectivity index (χ0) is 20.9. The molecule has 1 amide bonds. The van der Waals surface area contributed by atoms with E-state index < -0.39 is 29.8 Å². The van der Waals surface area contributed by atoms with Crippen LogP contribution in [0.25, 0.3) is 0 Å². The average Bonchev–Trinajstić information content (AvgIpc) is 2.48. The predicted molar refractivity (Wildman–Crippen MR) is 103 cm³/mol. The van der Waals surface area contributed by atoms with Gasteiger partial charge in [-0.3, -0.25) is 0 Å². The molecule has 0 spiro atoms. The van der Waals surface area contributed by atoms with Crippen molar-refractivity contribution in [3.63, 3.8) is 0 Å². The van der Waals surface area contributed by atoms with Gasteiger partial charge in [0.1, 0.15) is 23.6 Å². The summed E-state index contributed by atoms with van der Waals surface area (Å²) in [7, 11) is 0. The van der Waals surface area contributed by atoms with Crippen LogP contribution in [0.3, 0.4) is 0 Å². The van der Waals surface area contributed by atoms with Crippen molar-refractivity contribution in [2.75, 3.05) is 0 Å². The average molecular weight is 381 g/mol. The first kappa shape index (κ1) is 22.9. The van der Waals surface area contributed by atoms with Gasteiger partial charge in [0.15, 0.2) is 0 Å². The standard InChI is InChI=1S/C21H32FNO4/c1-12(2)18(16-9-10-17(22)13(3)11-16)15(5)26-19(24)14(4)23-20(25)27-21(6,7)8/h9-12,14-15,18H,1-8H3,(H,23,25)/t14-,15-,18+/m0/s1. The molecular weight excluding hydrogens is 349 g/mol. The number of hydrogen-bond donors (Lipinski definition) is 1. The van der Waals surface area contributed by atoms with Crippen molar-refractivity contribution in [2.45, 2.75) is 79.1 Å². The molecule has 0 aliphatic rings. The van der Waals surface area contributed by atoms with Crippen LogP contribution in [-0.4, -0.2) is 29.8 Å². The smallest absolute Gasteiger partial charge is 0.408 e. The molecule has 27 heavy (non-hydrogen) atoms. The summed E-state index contributed by atoms with van der Waals surface area (Å²) in [4.78, 5) is 24.2. The Morgan fingerprint density at radius 2 is 1.70 bits per heavy atom. The Morgan fingerprint density at radius 3 is 2.19 bits per heavy atom. The minimum atomic E-state index is -0.843. The van der Waals surface area contributed by atoms with E-state index in [-0.39, 0.29) is 17.7 Å². The van der Waals surface area contributed by atoms with Crippen molar-refractivity contribution >= 4 is 12.1 Å². The first-order valence-corrected chi connectivity index (χ1v) is 9.28. The third-order valence-corrected chi connectivity index (χ3v) is 4.18. The lowest BCUT2D eigenvalue weighted by atomic mass is 9.84. The van der Waals surface area contributed by atoms with E-state index >= 15 is 0 Å². The molecule has 0 radical (unpaired) electrons. The van der Waals surface area contributed by atoms with Crippen LogP contribution >= 0.6 is 0 Å². The maximum atomic E-state index is 13.6. The number of amides is 1. The lowest BCUT2D eigenvalue weighted by Crippen LogP contribution is -2.43. The van der Waals surface area contributed by atoms with Gasteiger partial charge < -0.3 is 14.8 Å². The molecule has 1 aromatic carbocycles. The SMILES string of the molecule is Cc1cc([C@H](C(C)C)[C@H](C)OC(=O)[C@H](C)NC(=O)OC(C)(C)C)ccc1F. The number of carbonyl (C=O) groups excluding carboxylic acids is 2. The maximum absolute atomic E-state index is 13.6. The van der Waals surface area contributed by atoms with Gasteiger partial charge in [-0.25, -0.2) is 14.0 Å². The summed E-state index contributed by atoms with van der Waals surface area (Å²) in [6, 6.07) is 4.10. The van der Waals surface area contributed by atoms with E-state index in [1.807, 2.05) is 13.8 Å². The summed E-state index contributed by atoms with van der Waals surface area (Å²) >= 11 is 0. The Balaban J connectivity index is 2.80. The molecule has 1 rings (SSSR count). The highest BCUT2D eigenvalue weighted by molar-refractivity contribution is 5.81. The van der Waals surface area contributed by atoms with Gasteiger partial charge in [-0.15, -0.1) is 0 Å². The number of benzene rings is 1. The second-order valence-electron chi connectivity index (χ2n) is 8.29. The summed E-state index contributed by atoms with van der Waals surface area (Å²) in [6.07, 6.45) is -1.11. The molecule has 0 saturated carbocycles. The molecule has 0 bridgehead atoms. The molecule has 1 N–H and O–H groups in total. The number of esters is 1. The zero-order valence-electron chi connectivity index (χ0n) is 17.6. The highest BCUT2D eigenvalue weighted by Gasteiger charge is 2.29. The van der Waals surface area contributed by atoms with Gasteiger partial charge >= 0.3 is 12.1 Å². The van der Waals surface area contributed by atoms with Gasteiger partial charge in [0.05, 0.1) is 0 Å². The molecule has 3 atom stereocenters. The summed E-state index contributed by atoms with van der Waals surface area (Å²) < 4.78 is 24.3. The van der Waals surface area contributed by atoms with Crippen molar-refractivity contribution in [1.29, 1.82) is 0 Å². The normalized spacial score (nSPS) is 15.0. The number of aryl methyl sites for hydroxylation is 1. The van der Waals surface area contributed by atoms with E-state index in [1.54, 1.807) is 53.7 Å². The summed E-state index contributed by atoms with van der Waals surface area (Å²) in [6.45, 7) is 14.3. The molecular formula is C21H32FNO4. The fraction of sp³-hybridized carbons (Fsp3) is 0.619. The van der Waals surface area contributed by atoms with E-state index in [4.69, 9.17) is 9.47 Å². The molecule has 0 aliphatic carbocycles. The lowest BCUT2D eigenvalue weighted by Gasteiger charge is -2.29. The monoisotopic (exact) mass is 381 g/mol. The first-order valence-electron chi connectivity index (χ1n) is 9.28. The van der Waals surface area contributed by atoms with Crippen LogP contribution in [0.5, 0.6) is 0 Å². The number of rotatable bonds is 6. The van der Waals surface area contributed by atoms with Crippen LogP contribution in [0.2, 0.25) is 0 Å². The molecule has 152 valence electrons. The van der Waals surface area contributed by atoms with Crippen molar-refractivity contribution in [1.82, 2.24) is 5.32 Å². The molecule has 0 saturated heterocycles. The van der Waals surface area contributed by atoms with Crippen LogP contribution in [0.15, 0.2) is 18.2 Å². The van der Waals surface area contributed by atoms with Crippen LogP contribution in [0, 0.1) is 18.7 Å². The second kappa shape index (κ2) is 9.20. The molecule has 6 heteroatoms. The molecule has 1 aromatic rings. The number of hydrogen-bond acceptors (Lipinski definition) is 4. The summed E-state index contributed by atoms with van der Waals surface area (Å²) in [5.41, 5.74) is 0.818. The molecule has 0 fully saturated rings. The molecule has 0 unspecified atom stereocenters. The Labute approximate surface area is 161 Å². The van der Waals surface area contributed by atoms with Gasteiger partial charge in [0, 0.05) is 5.92 Å². The minimum absolute atomic E-state index is 0.0954. The first-order chi connectivity index (χ1) is 12.3. The number of nitrogens with one attached hydrogen (secondary N) is 1. The number of ether oxygens (including phenoxy) is 2. The van der Waals surface area contributed by atoms with Gasteiger partial charge in [-0.05, 0) is 64.7 Å². The van der Waals surface area contributed by atoms with Gasteiger partial charge in [-0.1, -0.05) is 26.0 Å². The van der Waals surface area contributed by atoms with E-state index in [0.717, 1.165) is 5.56 Å². The fourth-order valence-electron chi connectivity index (χ4n) is 2.98. The van der Waals surface area contributed by atoms with Crippen LogP contribution in [0.4, 0.5) is 9.18 Å². The maximum Gasteiger partial charge on any atom is 0.408 e. The van der Waals surface area contributed by atoms with Crippen LogP contribution in [0.1, 0.15) is 65.5 Å². The minimum Gasteiger partial charge on any atom is -0.460 e. The number of halogens is 1. The van der Waals surface area contributed by atoms with Crippen molar-refractivity contribution < 1.29 is 23.5 Å². The topological polar surface area (TPSA) is 64.6 Å². The fourth-order valence-corrected chi connectivity index (χ4v) is 2.98. The summed E-state index contributed by atoms with van der Waals surface area (Å²) in [5, 5.41) is 2.48. The molecule has 5 nitrogen and oxygen atoms in total. The van der Waals surface area contributed by atoms with Crippen molar-refractivity contribution in [3.8, 4) is 0 Å². The number of alkyl carbamates (subject to hydrolysis) is 1. The Hall–Kier alpha value is -2.11. The Kier molecular flexibility index (Phi) is 7.81. The lowest BCUT2D eigenvalue weighted by molar-refractivity contribution is -0.152. The summed E-state index contributed by atoms with van der Waals surface area (Å²) in [5.74, 6) is -0.729. The number of carbonyl (C=O) groups is 2. The Bertz CT molecular complexity index is 667. The largest absolute Gasteiger partial charge is 0.460 e. The van der Waals surface area contributed by atoms with Gasteiger partial charge in [-0.2, -0.15) is 0 Å². The van der Waals surface area contributed by atoms with Crippen molar-refractivity contribution in [3.05, 3.63) is 35.1 Å². The van der Waals surface area contributed by atoms with E-state index in [2.05, 4.69) is 5.32 Å². The van der Waals surface area contributed by atoms with Crippen LogP contribution in [-0.2, 0) is 14.3 Å². The zero-order valence-corrected chi connectivity index (χ0v) is 17.6. The van der Waals surface area contributed by atoms with E-state index in [1.165, 1.54) is 6.07 Å². The molecule has 0 aromatic heterocycles. The third-order valence-electron chi connectivity index (χ3n) is 4.18. The van der Waals surface area contributed by atoms with E-state index in [9.17, 15) is 14.0 Å². The highest BCUT2D eigenvalue weighted by atomic mass is 19.1. The van der Waals surface area contributed by atoms with Gasteiger partial charge in [0.2, 0.25) is 0 Å². The quantitative estimate of drug-likeness (QED) is 0.724. The Morgan fingerprint density at radius 1 is 1.11 bits per heavy atom. The third kappa shape index (κ3) is 7.19. The van der Waals surface area contributed by atoms with Crippen molar-refractivity contribution in [2.24, 2.45) is 5.92 Å². The van der Waals surface area contributed by atoms with Crippen LogP contribution < -0.4 is 5.32 Å². The highest BCUT2D eigenvalue weighted by Crippen LogP contribution is 2.31. The van der Waals surface area contributed by atoms with E-state index in [0.29, 0.717) is 5.56 Å².